The Kier molecular flexibility index (Phi) is 8.14. The highest BCUT2D eigenvalue weighted by Crippen LogP contribution is 2.34. The molecule has 0 aliphatic rings. The first-order valence-corrected chi connectivity index (χ1v) is 8.99. The fourth-order valence-corrected chi connectivity index (χ4v) is 3.73. The van der Waals surface area contributed by atoms with Crippen molar-refractivity contribution in [2.45, 2.75) is 33.6 Å². The monoisotopic (exact) mass is 372 g/mol. The fourth-order valence-electron chi connectivity index (χ4n) is 2.27. The molecular formula is C16H24N2O4S2. The van der Waals surface area contributed by atoms with Gasteiger partial charge in [0.2, 0.25) is 0 Å². The van der Waals surface area contributed by atoms with Crippen LogP contribution in [0.1, 0.15) is 52.3 Å². The lowest BCUT2D eigenvalue weighted by atomic mass is 10.1. The van der Waals surface area contributed by atoms with Crippen molar-refractivity contribution in [3.05, 3.63) is 16.0 Å². The van der Waals surface area contributed by atoms with Crippen molar-refractivity contribution in [1.29, 1.82) is 0 Å². The van der Waals surface area contributed by atoms with Crippen LogP contribution >= 0.6 is 23.6 Å². The number of hydrogen-bond acceptors (Lipinski definition) is 6. The van der Waals surface area contributed by atoms with Crippen molar-refractivity contribution in [2.75, 3.05) is 32.6 Å². The van der Waals surface area contributed by atoms with Crippen LogP contribution in [0.2, 0.25) is 0 Å². The minimum atomic E-state index is -0.512. The summed E-state index contributed by atoms with van der Waals surface area (Å²) in [4.78, 5) is 26.4. The number of nitrogens with zero attached hydrogens (tertiary/aromatic N) is 1. The molecule has 0 amide bonds. The average Bonchev–Trinajstić information content (AvgIpc) is 2.89. The van der Waals surface area contributed by atoms with E-state index in [1.54, 1.807) is 6.92 Å². The Bertz CT molecular complexity index is 607. The molecule has 1 aromatic rings. The summed E-state index contributed by atoms with van der Waals surface area (Å²) in [6, 6.07) is 0. The summed E-state index contributed by atoms with van der Waals surface area (Å²) in [6.45, 7) is 7.49. The van der Waals surface area contributed by atoms with Gasteiger partial charge in [-0.1, -0.05) is 13.8 Å². The third-order valence-electron chi connectivity index (χ3n) is 3.40. The number of ether oxygens (including phenoxy) is 2. The van der Waals surface area contributed by atoms with Crippen molar-refractivity contribution >= 4 is 45.6 Å². The van der Waals surface area contributed by atoms with E-state index in [1.807, 2.05) is 4.90 Å². The van der Waals surface area contributed by atoms with Gasteiger partial charge in [0, 0.05) is 13.1 Å². The van der Waals surface area contributed by atoms with Gasteiger partial charge in [0.05, 0.1) is 19.8 Å². The minimum absolute atomic E-state index is 0.318. The van der Waals surface area contributed by atoms with Crippen LogP contribution in [0.5, 0.6) is 0 Å². The van der Waals surface area contributed by atoms with Crippen LogP contribution in [-0.4, -0.2) is 49.3 Å². The quantitative estimate of drug-likeness (QED) is 0.581. The number of methoxy groups -OCH3 is 2. The molecule has 1 aromatic heterocycles. The highest BCUT2D eigenvalue weighted by atomic mass is 32.1. The van der Waals surface area contributed by atoms with Crippen LogP contribution in [0, 0.1) is 6.92 Å². The highest BCUT2D eigenvalue weighted by Gasteiger charge is 2.26. The Morgan fingerprint density at radius 3 is 2.12 bits per heavy atom. The van der Waals surface area contributed by atoms with E-state index in [-0.39, 0.29) is 0 Å². The van der Waals surface area contributed by atoms with Crippen LogP contribution in [0.4, 0.5) is 5.00 Å². The molecule has 6 nitrogen and oxygen atoms in total. The van der Waals surface area contributed by atoms with E-state index in [2.05, 4.69) is 19.2 Å². The van der Waals surface area contributed by atoms with E-state index in [0.29, 0.717) is 26.1 Å². The minimum Gasteiger partial charge on any atom is -0.465 e. The molecule has 0 aliphatic heterocycles. The van der Waals surface area contributed by atoms with Gasteiger partial charge >= 0.3 is 11.9 Å². The van der Waals surface area contributed by atoms with Crippen molar-refractivity contribution in [3.8, 4) is 0 Å². The molecule has 8 heteroatoms. The van der Waals surface area contributed by atoms with Gasteiger partial charge < -0.3 is 19.7 Å². The zero-order valence-electron chi connectivity index (χ0n) is 14.7. The average molecular weight is 373 g/mol. The lowest BCUT2D eigenvalue weighted by Crippen LogP contribution is -2.36. The summed E-state index contributed by atoms with van der Waals surface area (Å²) in [5.41, 5.74) is 0.847. The smallest absolute Gasteiger partial charge is 0.348 e. The Morgan fingerprint density at radius 1 is 1.12 bits per heavy atom. The van der Waals surface area contributed by atoms with Crippen molar-refractivity contribution in [2.24, 2.45) is 0 Å². The molecule has 1 heterocycles. The molecule has 24 heavy (non-hydrogen) atoms. The van der Waals surface area contributed by atoms with Gasteiger partial charge in [-0.3, -0.25) is 0 Å². The zero-order chi connectivity index (χ0) is 18.3. The van der Waals surface area contributed by atoms with Crippen molar-refractivity contribution in [1.82, 2.24) is 4.90 Å². The van der Waals surface area contributed by atoms with Gasteiger partial charge in [-0.25, -0.2) is 9.59 Å². The number of thiocarbonyl (C=S) groups is 1. The number of carbonyl (C=O) groups excluding carboxylic acids is 2. The second-order valence-electron chi connectivity index (χ2n) is 5.16. The van der Waals surface area contributed by atoms with E-state index in [9.17, 15) is 9.59 Å². The van der Waals surface area contributed by atoms with E-state index in [0.717, 1.165) is 37.3 Å². The molecule has 0 unspecified atom stereocenters. The number of thiophene rings is 1. The molecule has 1 rings (SSSR count). The third kappa shape index (κ3) is 4.67. The molecule has 0 radical (unpaired) electrons. The zero-order valence-corrected chi connectivity index (χ0v) is 16.4. The van der Waals surface area contributed by atoms with Crippen LogP contribution in [0.25, 0.3) is 0 Å². The van der Waals surface area contributed by atoms with E-state index in [4.69, 9.17) is 21.7 Å². The molecule has 1 N–H and O–H groups in total. The lowest BCUT2D eigenvalue weighted by Gasteiger charge is -2.24. The van der Waals surface area contributed by atoms with Crippen molar-refractivity contribution < 1.29 is 19.1 Å². The maximum atomic E-state index is 12.1. The molecule has 0 spiro atoms. The van der Waals surface area contributed by atoms with Gasteiger partial charge in [0.1, 0.15) is 9.88 Å². The van der Waals surface area contributed by atoms with Gasteiger partial charge in [-0.15, -0.1) is 11.3 Å². The maximum Gasteiger partial charge on any atom is 0.348 e. The standard InChI is InChI=1S/C16H24N2O4S2/c1-6-8-18(9-7-2)16(23)17-13-11(14(19)21-4)10(3)12(24-13)15(20)22-5/h6-9H2,1-5H3,(H,17,23). The predicted octanol–water partition coefficient (Wildman–Crippen LogP) is 3.45. The molecule has 0 aliphatic carbocycles. The Morgan fingerprint density at radius 2 is 1.67 bits per heavy atom. The first kappa shape index (κ1) is 20.4. The summed E-state index contributed by atoms with van der Waals surface area (Å²) in [6.07, 6.45) is 1.92. The van der Waals surface area contributed by atoms with Crippen LogP contribution < -0.4 is 5.32 Å². The van der Waals surface area contributed by atoms with Gasteiger partial charge in [-0.05, 0) is 37.5 Å². The number of hydrogen-bond donors (Lipinski definition) is 1. The normalized spacial score (nSPS) is 10.2. The molecular weight excluding hydrogens is 348 g/mol. The summed E-state index contributed by atoms with van der Waals surface area (Å²) in [5.74, 6) is -0.998. The van der Waals surface area contributed by atoms with Crippen LogP contribution in [0.15, 0.2) is 0 Å². The molecule has 134 valence electrons. The largest absolute Gasteiger partial charge is 0.465 e. The number of rotatable bonds is 7. The Hall–Kier alpha value is -1.67. The molecule has 0 bridgehead atoms. The maximum absolute atomic E-state index is 12.1. The van der Waals surface area contributed by atoms with Crippen LogP contribution in [0.3, 0.4) is 0 Å². The summed E-state index contributed by atoms with van der Waals surface area (Å²) in [5, 5.41) is 4.13. The molecule has 0 aromatic carbocycles. The predicted molar refractivity (Wildman–Crippen MR) is 100 cm³/mol. The molecule has 0 fully saturated rings. The first-order valence-electron chi connectivity index (χ1n) is 7.77. The fraction of sp³-hybridized carbons (Fsp3) is 0.562. The summed E-state index contributed by atoms with van der Waals surface area (Å²) in [7, 11) is 2.61. The van der Waals surface area contributed by atoms with Gasteiger partial charge in [-0.2, -0.15) is 0 Å². The SMILES string of the molecule is CCCN(CCC)C(=S)Nc1sc(C(=O)OC)c(C)c1C(=O)OC. The van der Waals surface area contributed by atoms with Crippen molar-refractivity contribution in [3.63, 3.8) is 0 Å². The first-order chi connectivity index (χ1) is 11.4. The third-order valence-corrected chi connectivity index (χ3v) is 4.95. The second-order valence-corrected chi connectivity index (χ2v) is 6.57. The van der Waals surface area contributed by atoms with E-state index in [1.165, 1.54) is 14.2 Å². The highest BCUT2D eigenvalue weighted by molar-refractivity contribution is 7.80. The number of nitrogens with one attached hydrogen (secondary N) is 1. The molecule has 0 saturated carbocycles. The summed E-state index contributed by atoms with van der Waals surface area (Å²) < 4.78 is 9.62. The topological polar surface area (TPSA) is 67.9 Å². The number of carbonyl (C=O) groups is 2. The molecule has 0 atom stereocenters. The number of anilines is 1. The number of esters is 2. The lowest BCUT2D eigenvalue weighted by molar-refractivity contribution is 0.0601. The molecule has 0 saturated heterocycles. The van der Waals surface area contributed by atoms with E-state index >= 15 is 0 Å². The summed E-state index contributed by atoms with van der Waals surface area (Å²) >= 11 is 6.61. The van der Waals surface area contributed by atoms with E-state index < -0.39 is 11.9 Å². The Labute approximate surface area is 152 Å². The Balaban J connectivity index is 3.19. The second kappa shape index (κ2) is 9.58. The van der Waals surface area contributed by atoms with Gasteiger partial charge in [0.25, 0.3) is 0 Å². The van der Waals surface area contributed by atoms with Crippen LogP contribution in [-0.2, 0) is 9.47 Å². The van der Waals surface area contributed by atoms with Gasteiger partial charge in [0.15, 0.2) is 5.11 Å².